The van der Waals surface area contributed by atoms with Crippen molar-refractivity contribution in [2.24, 2.45) is 0 Å². The van der Waals surface area contributed by atoms with Gasteiger partial charge in [-0.3, -0.25) is 4.79 Å². The van der Waals surface area contributed by atoms with Crippen LogP contribution < -0.4 is 10.6 Å². The second kappa shape index (κ2) is 13.1. The van der Waals surface area contributed by atoms with Gasteiger partial charge in [-0.2, -0.15) is 0 Å². The first kappa shape index (κ1) is 28.5. The molecule has 3 aromatic carbocycles. The lowest BCUT2D eigenvalue weighted by atomic mass is 9.98. The summed E-state index contributed by atoms with van der Waals surface area (Å²) in [7, 11) is 0. The Labute approximate surface area is 242 Å². The normalized spacial score (nSPS) is 13.5. The van der Waals surface area contributed by atoms with Gasteiger partial charge >= 0.3 is 12.1 Å². The van der Waals surface area contributed by atoms with Gasteiger partial charge in [-0.15, -0.1) is 5.10 Å². The molecule has 11 nitrogen and oxygen atoms in total. The van der Waals surface area contributed by atoms with Crippen molar-refractivity contribution in [3.05, 3.63) is 107 Å². The first-order valence-corrected chi connectivity index (χ1v) is 13.6. The van der Waals surface area contributed by atoms with Crippen LogP contribution in [0.15, 0.2) is 85.1 Å². The van der Waals surface area contributed by atoms with Gasteiger partial charge in [0.2, 0.25) is 5.91 Å². The molecule has 0 fully saturated rings. The van der Waals surface area contributed by atoms with Crippen LogP contribution in [0, 0.1) is 0 Å². The predicted molar refractivity (Wildman–Crippen MR) is 153 cm³/mol. The first-order chi connectivity index (χ1) is 20.4. The molecule has 1 aliphatic rings. The molecule has 5 rings (SSSR count). The average molecular weight is 570 g/mol. The van der Waals surface area contributed by atoms with Gasteiger partial charge in [0.05, 0.1) is 25.5 Å². The van der Waals surface area contributed by atoms with Gasteiger partial charge in [0.1, 0.15) is 12.6 Å². The molecule has 0 aliphatic heterocycles. The highest BCUT2D eigenvalue weighted by atomic mass is 16.5. The second-order valence-corrected chi connectivity index (χ2v) is 9.91. The molecule has 1 heterocycles. The summed E-state index contributed by atoms with van der Waals surface area (Å²) in [6, 6.07) is 24.5. The smallest absolute Gasteiger partial charge is 0.407 e. The standard InChI is InChI=1S/C31H31N5O6/c1-20(41-18-21-9-3-2-4-10-21)28(29(37)32-15-16-36-17-27(30(38)39)34-35-36)33-31(40)42-19-26-24-13-7-5-11-22(24)23-12-6-8-14-25(23)26/h2-14,17,20,26,28H,15-16,18-19H2,1H3,(H,32,37)(H,33,40)(H,38,39). The van der Waals surface area contributed by atoms with Gasteiger partial charge in [-0.25, -0.2) is 14.3 Å². The van der Waals surface area contributed by atoms with Crippen LogP contribution in [0.3, 0.4) is 0 Å². The zero-order chi connectivity index (χ0) is 29.5. The summed E-state index contributed by atoms with van der Waals surface area (Å²) in [6.07, 6.45) is -0.169. The zero-order valence-electron chi connectivity index (χ0n) is 23.0. The van der Waals surface area contributed by atoms with E-state index in [2.05, 4.69) is 33.1 Å². The molecular formula is C31H31N5O6. The summed E-state index contributed by atoms with van der Waals surface area (Å²) in [5, 5.41) is 21.8. The van der Waals surface area contributed by atoms with Crippen molar-refractivity contribution in [1.82, 2.24) is 25.6 Å². The van der Waals surface area contributed by atoms with E-state index >= 15 is 0 Å². The number of carboxylic acids is 1. The highest BCUT2D eigenvalue weighted by Crippen LogP contribution is 2.44. The van der Waals surface area contributed by atoms with Gasteiger partial charge in [-0.1, -0.05) is 84.1 Å². The van der Waals surface area contributed by atoms with E-state index < -0.39 is 30.1 Å². The molecule has 11 heteroatoms. The molecule has 2 amide bonds. The van der Waals surface area contributed by atoms with Crippen molar-refractivity contribution in [2.75, 3.05) is 13.2 Å². The van der Waals surface area contributed by atoms with Crippen LogP contribution in [0.5, 0.6) is 0 Å². The highest BCUT2D eigenvalue weighted by molar-refractivity contribution is 5.86. The fourth-order valence-electron chi connectivity index (χ4n) is 4.97. The maximum atomic E-state index is 13.2. The molecule has 2 unspecified atom stereocenters. The van der Waals surface area contributed by atoms with Crippen molar-refractivity contribution in [3.8, 4) is 11.1 Å². The van der Waals surface area contributed by atoms with E-state index in [-0.39, 0.29) is 37.9 Å². The molecule has 1 aliphatic carbocycles. The van der Waals surface area contributed by atoms with Crippen molar-refractivity contribution in [3.63, 3.8) is 0 Å². The van der Waals surface area contributed by atoms with E-state index in [1.54, 1.807) is 6.92 Å². The third kappa shape index (κ3) is 6.64. The van der Waals surface area contributed by atoms with E-state index in [0.29, 0.717) is 0 Å². The molecule has 42 heavy (non-hydrogen) atoms. The van der Waals surface area contributed by atoms with Crippen LogP contribution in [-0.2, 0) is 27.4 Å². The molecule has 0 saturated heterocycles. The van der Waals surface area contributed by atoms with Crippen molar-refractivity contribution >= 4 is 18.0 Å². The Morgan fingerprint density at radius 3 is 2.24 bits per heavy atom. The quantitative estimate of drug-likeness (QED) is 0.235. The van der Waals surface area contributed by atoms with Crippen LogP contribution in [0.1, 0.15) is 40.0 Å². The number of carboxylic acid groups (broad SMARTS) is 1. The number of hydrogen-bond donors (Lipinski definition) is 3. The molecule has 0 radical (unpaired) electrons. The van der Waals surface area contributed by atoms with Crippen molar-refractivity contribution < 1.29 is 29.0 Å². The maximum Gasteiger partial charge on any atom is 0.407 e. The number of carbonyl (C=O) groups excluding carboxylic acids is 2. The lowest BCUT2D eigenvalue weighted by molar-refractivity contribution is -0.127. The summed E-state index contributed by atoms with van der Waals surface area (Å²) in [4.78, 5) is 37.3. The van der Waals surface area contributed by atoms with Crippen LogP contribution in [0.4, 0.5) is 4.79 Å². The van der Waals surface area contributed by atoms with Crippen molar-refractivity contribution in [2.45, 2.75) is 38.1 Å². The lowest BCUT2D eigenvalue weighted by Crippen LogP contribution is -2.53. The molecular weight excluding hydrogens is 538 g/mol. The number of carbonyl (C=O) groups is 3. The topological polar surface area (TPSA) is 145 Å². The number of rotatable bonds is 12. The molecule has 1 aromatic heterocycles. The Hall–Kier alpha value is -5.03. The Bertz CT molecular complexity index is 1510. The minimum absolute atomic E-state index is 0.103. The van der Waals surface area contributed by atoms with Crippen LogP contribution in [0.2, 0.25) is 0 Å². The molecule has 0 saturated carbocycles. The third-order valence-electron chi connectivity index (χ3n) is 7.12. The number of aromatic nitrogens is 3. The predicted octanol–water partition coefficient (Wildman–Crippen LogP) is 3.61. The highest BCUT2D eigenvalue weighted by Gasteiger charge is 2.31. The number of fused-ring (bicyclic) bond motifs is 3. The van der Waals surface area contributed by atoms with Crippen molar-refractivity contribution in [1.29, 1.82) is 0 Å². The third-order valence-corrected chi connectivity index (χ3v) is 7.12. The SMILES string of the molecule is CC(OCc1ccccc1)C(NC(=O)OCC1c2ccccc2-c2ccccc21)C(=O)NCCn1cc(C(=O)O)nn1. The van der Waals surface area contributed by atoms with E-state index in [4.69, 9.17) is 14.6 Å². The second-order valence-electron chi connectivity index (χ2n) is 9.91. The van der Waals surface area contributed by atoms with E-state index in [1.807, 2.05) is 66.7 Å². The lowest BCUT2D eigenvalue weighted by Gasteiger charge is -2.25. The Morgan fingerprint density at radius 1 is 0.952 bits per heavy atom. The van der Waals surface area contributed by atoms with E-state index in [0.717, 1.165) is 27.8 Å². The summed E-state index contributed by atoms with van der Waals surface area (Å²) in [5.74, 6) is -1.80. The summed E-state index contributed by atoms with van der Waals surface area (Å²) < 4.78 is 12.9. The molecule has 4 aromatic rings. The fourth-order valence-corrected chi connectivity index (χ4v) is 4.97. The number of benzene rings is 3. The van der Waals surface area contributed by atoms with Crippen LogP contribution in [-0.4, -0.2) is 63.4 Å². The van der Waals surface area contributed by atoms with E-state index in [1.165, 1.54) is 10.9 Å². The van der Waals surface area contributed by atoms with E-state index in [9.17, 15) is 14.4 Å². The fraction of sp³-hybridized carbons (Fsp3) is 0.258. The molecule has 0 bridgehead atoms. The molecule has 0 spiro atoms. The Morgan fingerprint density at radius 2 is 1.60 bits per heavy atom. The van der Waals surface area contributed by atoms with Gasteiger partial charge in [0, 0.05) is 12.5 Å². The molecule has 3 N–H and O–H groups in total. The van der Waals surface area contributed by atoms with Gasteiger partial charge in [0.15, 0.2) is 5.69 Å². The van der Waals surface area contributed by atoms with Gasteiger partial charge in [-0.05, 0) is 34.7 Å². The zero-order valence-corrected chi connectivity index (χ0v) is 23.0. The monoisotopic (exact) mass is 569 g/mol. The number of alkyl carbamates (subject to hydrolysis) is 1. The average Bonchev–Trinajstić information content (AvgIpc) is 3.61. The minimum atomic E-state index is -1.19. The van der Waals surface area contributed by atoms with Crippen LogP contribution >= 0.6 is 0 Å². The summed E-state index contributed by atoms with van der Waals surface area (Å²) >= 11 is 0. The number of nitrogens with zero attached hydrogens (tertiary/aromatic N) is 3. The Balaban J connectivity index is 1.22. The minimum Gasteiger partial charge on any atom is -0.476 e. The molecule has 216 valence electrons. The van der Waals surface area contributed by atoms with Gasteiger partial charge in [0.25, 0.3) is 0 Å². The number of hydrogen-bond acceptors (Lipinski definition) is 7. The first-order valence-electron chi connectivity index (χ1n) is 13.6. The largest absolute Gasteiger partial charge is 0.476 e. The number of ether oxygens (including phenoxy) is 2. The number of amides is 2. The summed E-state index contributed by atoms with van der Waals surface area (Å²) in [5.41, 5.74) is 5.12. The number of nitrogens with one attached hydrogen (secondary N) is 2. The van der Waals surface area contributed by atoms with Gasteiger partial charge < -0.3 is 25.2 Å². The summed E-state index contributed by atoms with van der Waals surface area (Å²) in [6.45, 7) is 2.35. The molecule has 2 atom stereocenters. The Kier molecular flexibility index (Phi) is 8.88. The number of aromatic carboxylic acids is 1. The van der Waals surface area contributed by atoms with Crippen LogP contribution in [0.25, 0.3) is 11.1 Å². The maximum absolute atomic E-state index is 13.2.